The first-order chi connectivity index (χ1) is 8.33. The standard InChI is InChI=1S/C11H11NO5S/c1-8(7-10(13)14)11(15)12-18(16,17)9-5-3-2-4-6-9/h2-7H,1H3,(H,12,15)(H,13,14). The molecule has 6 nitrogen and oxygen atoms in total. The van der Waals surface area contributed by atoms with Crippen molar-refractivity contribution in [2.24, 2.45) is 0 Å². The fourth-order valence-electron chi connectivity index (χ4n) is 1.11. The number of rotatable bonds is 4. The van der Waals surface area contributed by atoms with Crippen molar-refractivity contribution in [3.05, 3.63) is 42.0 Å². The number of carbonyl (C=O) groups excluding carboxylic acids is 1. The van der Waals surface area contributed by atoms with E-state index in [9.17, 15) is 18.0 Å². The second-order valence-electron chi connectivity index (χ2n) is 3.41. The number of hydrogen-bond acceptors (Lipinski definition) is 4. The van der Waals surface area contributed by atoms with Gasteiger partial charge < -0.3 is 5.11 Å². The van der Waals surface area contributed by atoms with Gasteiger partial charge in [0, 0.05) is 11.6 Å². The maximum atomic E-state index is 11.7. The molecule has 0 aliphatic rings. The summed E-state index contributed by atoms with van der Waals surface area (Å²) in [5, 5.41) is 8.44. The van der Waals surface area contributed by atoms with Crippen LogP contribution in [0.1, 0.15) is 6.92 Å². The van der Waals surface area contributed by atoms with Crippen molar-refractivity contribution in [3.63, 3.8) is 0 Å². The predicted octanol–water partition coefficient (Wildman–Crippen LogP) is 0.522. The summed E-state index contributed by atoms with van der Waals surface area (Å²) in [5.74, 6) is -2.29. The van der Waals surface area contributed by atoms with Crippen LogP contribution >= 0.6 is 0 Å². The lowest BCUT2D eigenvalue weighted by molar-refractivity contribution is -0.131. The number of carboxylic acids is 1. The average molecular weight is 269 g/mol. The number of sulfonamides is 1. The Labute approximate surface area is 104 Å². The molecule has 0 saturated heterocycles. The van der Waals surface area contributed by atoms with Gasteiger partial charge >= 0.3 is 5.97 Å². The molecule has 0 atom stereocenters. The molecule has 0 bridgehead atoms. The van der Waals surface area contributed by atoms with E-state index in [1.165, 1.54) is 31.2 Å². The summed E-state index contributed by atoms with van der Waals surface area (Å²) >= 11 is 0. The van der Waals surface area contributed by atoms with E-state index in [1.54, 1.807) is 10.8 Å². The lowest BCUT2D eigenvalue weighted by atomic mass is 10.3. The zero-order chi connectivity index (χ0) is 13.8. The lowest BCUT2D eigenvalue weighted by Gasteiger charge is -2.06. The van der Waals surface area contributed by atoms with Gasteiger partial charge in [-0.1, -0.05) is 18.2 Å². The zero-order valence-electron chi connectivity index (χ0n) is 9.45. The summed E-state index contributed by atoms with van der Waals surface area (Å²) in [6.07, 6.45) is 0.635. The van der Waals surface area contributed by atoms with E-state index in [0.29, 0.717) is 6.08 Å². The van der Waals surface area contributed by atoms with Gasteiger partial charge in [0.1, 0.15) is 0 Å². The minimum Gasteiger partial charge on any atom is -0.478 e. The smallest absolute Gasteiger partial charge is 0.328 e. The van der Waals surface area contributed by atoms with Gasteiger partial charge in [0.15, 0.2) is 0 Å². The van der Waals surface area contributed by atoms with Gasteiger partial charge in [-0.2, -0.15) is 0 Å². The predicted molar refractivity (Wildman–Crippen MR) is 63.2 cm³/mol. The molecule has 0 aliphatic heterocycles. The van der Waals surface area contributed by atoms with Crippen LogP contribution in [0.25, 0.3) is 0 Å². The van der Waals surface area contributed by atoms with Crippen LogP contribution in [0.3, 0.4) is 0 Å². The van der Waals surface area contributed by atoms with Gasteiger partial charge in [0.05, 0.1) is 4.90 Å². The number of nitrogens with one attached hydrogen (secondary N) is 1. The Hall–Kier alpha value is -2.15. The maximum Gasteiger partial charge on any atom is 0.328 e. The third-order valence-electron chi connectivity index (χ3n) is 1.98. The van der Waals surface area contributed by atoms with Crippen molar-refractivity contribution in [1.29, 1.82) is 0 Å². The first-order valence-corrected chi connectivity index (χ1v) is 6.34. The van der Waals surface area contributed by atoms with E-state index in [1.807, 2.05) is 0 Å². The Balaban J connectivity index is 2.92. The fourth-order valence-corrected chi connectivity index (χ4v) is 2.15. The molecule has 0 fully saturated rings. The molecule has 0 saturated carbocycles. The molecule has 2 N–H and O–H groups in total. The Kier molecular flexibility index (Phi) is 4.22. The van der Waals surface area contributed by atoms with Gasteiger partial charge in [-0.05, 0) is 19.1 Å². The normalized spacial score (nSPS) is 11.9. The lowest BCUT2D eigenvalue weighted by Crippen LogP contribution is -2.31. The van der Waals surface area contributed by atoms with Crippen LogP contribution < -0.4 is 4.72 Å². The topological polar surface area (TPSA) is 101 Å². The molecule has 0 heterocycles. The molecule has 0 aromatic heterocycles. The molecule has 1 rings (SSSR count). The highest BCUT2D eigenvalue weighted by Gasteiger charge is 2.18. The zero-order valence-corrected chi connectivity index (χ0v) is 10.3. The Morgan fingerprint density at radius 1 is 1.22 bits per heavy atom. The SMILES string of the molecule is CC(=CC(=O)O)C(=O)NS(=O)(=O)c1ccccc1. The highest BCUT2D eigenvalue weighted by Crippen LogP contribution is 2.07. The van der Waals surface area contributed by atoms with Crippen molar-refractivity contribution in [2.75, 3.05) is 0 Å². The van der Waals surface area contributed by atoms with Crippen LogP contribution in [0.4, 0.5) is 0 Å². The Morgan fingerprint density at radius 2 is 1.78 bits per heavy atom. The van der Waals surface area contributed by atoms with E-state index >= 15 is 0 Å². The van der Waals surface area contributed by atoms with Gasteiger partial charge in [-0.3, -0.25) is 4.79 Å². The number of aliphatic carboxylic acids is 1. The summed E-state index contributed by atoms with van der Waals surface area (Å²) in [6, 6.07) is 7.31. The number of carboxylic acid groups (broad SMARTS) is 1. The summed E-state index contributed by atoms with van der Waals surface area (Å²) in [5.41, 5.74) is -0.206. The van der Waals surface area contributed by atoms with Crippen LogP contribution in [0.2, 0.25) is 0 Å². The molecule has 1 aromatic carbocycles. The highest BCUT2D eigenvalue weighted by atomic mass is 32.2. The third-order valence-corrected chi connectivity index (χ3v) is 3.33. The highest BCUT2D eigenvalue weighted by molar-refractivity contribution is 7.90. The molecule has 7 heteroatoms. The number of carbonyl (C=O) groups is 2. The van der Waals surface area contributed by atoms with Gasteiger partial charge in [0.25, 0.3) is 15.9 Å². The van der Waals surface area contributed by atoms with Crippen molar-refractivity contribution >= 4 is 21.9 Å². The van der Waals surface area contributed by atoms with E-state index in [4.69, 9.17) is 5.11 Å². The molecule has 18 heavy (non-hydrogen) atoms. The summed E-state index contributed by atoms with van der Waals surface area (Å²) < 4.78 is 25.2. The first kappa shape index (κ1) is 13.9. The van der Waals surface area contributed by atoms with E-state index in [0.717, 1.165) is 0 Å². The quantitative estimate of drug-likeness (QED) is 0.776. The van der Waals surface area contributed by atoms with E-state index in [-0.39, 0.29) is 10.5 Å². The number of hydrogen-bond donors (Lipinski definition) is 2. The average Bonchev–Trinajstić information content (AvgIpc) is 2.28. The second-order valence-corrected chi connectivity index (χ2v) is 5.10. The number of benzene rings is 1. The second kappa shape index (κ2) is 5.46. The van der Waals surface area contributed by atoms with Crippen LogP contribution in [0.15, 0.2) is 46.9 Å². The largest absolute Gasteiger partial charge is 0.478 e. The molecular formula is C11H11NO5S. The molecule has 1 amide bonds. The molecular weight excluding hydrogens is 258 g/mol. The molecule has 0 spiro atoms. The first-order valence-electron chi connectivity index (χ1n) is 4.86. The van der Waals surface area contributed by atoms with Crippen LogP contribution in [-0.2, 0) is 19.6 Å². The van der Waals surface area contributed by atoms with E-state index in [2.05, 4.69) is 0 Å². The molecule has 1 aromatic rings. The number of amides is 1. The van der Waals surface area contributed by atoms with Gasteiger partial charge in [-0.15, -0.1) is 0 Å². The van der Waals surface area contributed by atoms with E-state index < -0.39 is 21.9 Å². The Morgan fingerprint density at radius 3 is 2.28 bits per heavy atom. The van der Waals surface area contributed by atoms with Crippen LogP contribution in [0, 0.1) is 0 Å². The molecule has 0 radical (unpaired) electrons. The van der Waals surface area contributed by atoms with Gasteiger partial charge in [0.2, 0.25) is 0 Å². The van der Waals surface area contributed by atoms with Crippen molar-refractivity contribution < 1.29 is 23.1 Å². The molecule has 96 valence electrons. The van der Waals surface area contributed by atoms with Crippen LogP contribution in [-0.4, -0.2) is 25.4 Å². The fraction of sp³-hybridized carbons (Fsp3) is 0.0909. The van der Waals surface area contributed by atoms with Crippen LogP contribution in [0.5, 0.6) is 0 Å². The monoisotopic (exact) mass is 269 g/mol. The van der Waals surface area contributed by atoms with Crippen molar-refractivity contribution in [2.45, 2.75) is 11.8 Å². The summed E-state index contributed by atoms with van der Waals surface area (Å²) in [6.45, 7) is 1.21. The maximum absolute atomic E-state index is 11.7. The molecule has 0 aliphatic carbocycles. The summed E-state index contributed by atoms with van der Waals surface area (Å²) in [4.78, 5) is 21.7. The molecule has 0 unspecified atom stereocenters. The Bertz CT molecular complexity index is 589. The minimum absolute atomic E-state index is 0.0681. The minimum atomic E-state index is -3.97. The summed E-state index contributed by atoms with van der Waals surface area (Å²) in [7, 11) is -3.97. The van der Waals surface area contributed by atoms with Gasteiger partial charge in [-0.25, -0.2) is 17.9 Å². The third kappa shape index (κ3) is 3.70. The van der Waals surface area contributed by atoms with Crippen molar-refractivity contribution in [1.82, 2.24) is 4.72 Å². The van der Waals surface area contributed by atoms with Crippen molar-refractivity contribution in [3.8, 4) is 0 Å².